The molecule has 0 atom stereocenters. The van der Waals surface area contributed by atoms with Crippen LogP contribution in [0.3, 0.4) is 0 Å². The van der Waals surface area contributed by atoms with Crippen LogP contribution in [0.5, 0.6) is 0 Å². The third-order valence-electron chi connectivity index (χ3n) is 3.00. The molecular formula is C17H15NO3. The molecule has 0 aromatic heterocycles. The van der Waals surface area contributed by atoms with Crippen LogP contribution in [0.4, 0.5) is 0 Å². The molecule has 0 saturated carbocycles. The summed E-state index contributed by atoms with van der Waals surface area (Å²) < 4.78 is 0. The Balaban J connectivity index is 2.16. The van der Waals surface area contributed by atoms with Gasteiger partial charge in [-0.25, -0.2) is 4.79 Å². The fourth-order valence-corrected chi connectivity index (χ4v) is 1.86. The van der Waals surface area contributed by atoms with Crippen molar-refractivity contribution in [3.05, 3.63) is 70.8 Å². The van der Waals surface area contributed by atoms with Crippen molar-refractivity contribution in [2.45, 2.75) is 0 Å². The van der Waals surface area contributed by atoms with E-state index in [-0.39, 0.29) is 11.5 Å². The maximum Gasteiger partial charge on any atom is 0.335 e. The smallest absolute Gasteiger partial charge is 0.335 e. The molecule has 0 saturated heterocycles. The molecule has 0 unspecified atom stereocenters. The molecule has 0 bridgehead atoms. The average molecular weight is 281 g/mol. The van der Waals surface area contributed by atoms with Crippen LogP contribution < -0.4 is 5.32 Å². The van der Waals surface area contributed by atoms with Crippen LogP contribution in [0.1, 0.15) is 31.8 Å². The van der Waals surface area contributed by atoms with Gasteiger partial charge in [0.25, 0.3) is 5.91 Å². The number of carboxylic acid groups (broad SMARTS) is 1. The Morgan fingerprint density at radius 3 is 2.24 bits per heavy atom. The predicted molar refractivity (Wildman–Crippen MR) is 82.2 cm³/mol. The van der Waals surface area contributed by atoms with Gasteiger partial charge in [-0.3, -0.25) is 4.79 Å². The molecular weight excluding hydrogens is 266 g/mol. The van der Waals surface area contributed by atoms with Crippen molar-refractivity contribution in [3.8, 4) is 0 Å². The van der Waals surface area contributed by atoms with E-state index in [9.17, 15) is 9.59 Å². The molecule has 0 aliphatic heterocycles. The van der Waals surface area contributed by atoms with Gasteiger partial charge in [-0.05, 0) is 35.4 Å². The maximum absolute atomic E-state index is 11.4. The van der Waals surface area contributed by atoms with E-state index in [4.69, 9.17) is 5.11 Å². The lowest BCUT2D eigenvalue weighted by atomic mass is 10.1. The molecule has 2 rings (SSSR count). The lowest BCUT2D eigenvalue weighted by molar-refractivity contribution is 0.0696. The number of carboxylic acids is 1. The maximum atomic E-state index is 11.4. The van der Waals surface area contributed by atoms with Crippen molar-refractivity contribution >= 4 is 24.0 Å². The van der Waals surface area contributed by atoms with Crippen LogP contribution >= 0.6 is 0 Å². The first kappa shape index (κ1) is 14.5. The van der Waals surface area contributed by atoms with Gasteiger partial charge in [0, 0.05) is 12.6 Å². The van der Waals surface area contributed by atoms with Gasteiger partial charge in [-0.2, -0.15) is 0 Å². The van der Waals surface area contributed by atoms with Crippen LogP contribution in [0, 0.1) is 0 Å². The van der Waals surface area contributed by atoms with Gasteiger partial charge in [-0.1, -0.05) is 36.4 Å². The van der Waals surface area contributed by atoms with Crippen molar-refractivity contribution in [1.29, 1.82) is 0 Å². The largest absolute Gasteiger partial charge is 0.478 e. The van der Waals surface area contributed by atoms with Gasteiger partial charge in [-0.15, -0.1) is 0 Å². The summed E-state index contributed by atoms with van der Waals surface area (Å²) in [5.41, 5.74) is 2.60. The number of nitrogens with one attached hydrogen (secondary N) is 1. The first-order valence-corrected chi connectivity index (χ1v) is 6.44. The summed E-state index contributed by atoms with van der Waals surface area (Å²) in [7, 11) is 1.59. The first-order valence-electron chi connectivity index (χ1n) is 6.44. The number of amides is 1. The van der Waals surface area contributed by atoms with Crippen molar-refractivity contribution in [3.63, 3.8) is 0 Å². The zero-order valence-corrected chi connectivity index (χ0v) is 11.5. The average Bonchev–Trinajstić information content (AvgIpc) is 2.53. The summed E-state index contributed by atoms with van der Waals surface area (Å²) >= 11 is 0. The third-order valence-corrected chi connectivity index (χ3v) is 3.00. The molecule has 2 aromatic rings. The van der Waals surface area contributed by atoms with Gasteiger partial charge in [0.15, 0.2) is 0 Å². The van der Waals surface area contributed by atoms with Gasteiger partial charge in [0.05, 0.1) is 5.56 Å². The first-order chi connectivity index (χ1) is 10.1. The lowest BCUT2D eigenvalue weighted by Crippen LogP contribution is -2.17. The van der Waals surface area contributed by atoms with Gasteiger partial charge < -0.3 is 10.4 Å². The van der Waals surface area contributed by atoms with E-state index in [2.05, 4.69) is 5.32 Å². The fraction of sp³-hybridized carbons (Fsp3) is 0.0588. The van der Waals surface area contributed by atoms with E-state index in [1.807, 2.05) is 30.4 Å². The van der Waals surface area contributed by atoms with E-state index in [1.165, 1.54) is 0 Å². The van der Waals surface area contributed by atoms with Gasteiger partial charge in [0.2, 0.25) is 0 Å². The van der Waals surface area contributed by atoms with Crippen molar-refractivity contribution in [1.82, 2.24) is 5.32 Å². The molecule has 2 N–H and O–H groups in total. The molecule has 0 aliphatic rings. The minimum atomic E-state index is -0.944. The predicted octanol–water partition coefficient (Wildman–Crippen LogP) is 2.91. The number of hydrogen-bond acceptors (Lipinski definition) is 2. The Morgan fingerprint density at radius 1 is 0.952 bits per heavy atom. The third kappa shape index (κ3) is 3.79. The number of carbonyl (C=O) groups excluding carboxylic acids is 1. The van der Waals surface area contributed by atoms with Crippen molar-refractivity contribution in [2.75, 3.05) is 7.05 Å². The topological polar surface area (TPSA) is 66.4 Å². The number of benzene rings is 2. The van der Waals surface area contributed by atoms with E-state index in [0.29, 0.717) is 5.56 Å². The molecule has 106 valence electrons. The SMILES string of the molecule is CNC(=O)c1ccc(/C=C\c2cccc(C(=O)O)c2)cc1. The Kier molecular flexibility index (Phi) is 4.51. The molecule has 2 aromatic carbocycles. The number of aromatic carboxylic acids is 1. The zero-order valence-electron chi connectivity index (χ0n) is 11.5. The van der Waals surface area contributed by atoms with Gasteiger partial charge in [0.1, 0.15) is 0 Å². The summed E-state index contributed by atoms with van der Waals surface area (Å²) in [5, 5.41) is 11.5. The number of carbonyl (C=O) groups is 2. The van der Waals surface area contributed by atoms with E-state index in [1.54, 1.807) is 37.4 Å². The fourth-order valence-electron chi connectivity index (χ4n) is 1.86. The minimum Gasteiger partial charge on any atom is -0.478 e. The molecule has 0 fully saturated rings. The molecule has 1 amide bonds. The number of rotatable bonds is 4. The van der Waals surface area contributed by atoms with Crippen LogP contribution in [0.2, 0.25) is 0 Å². The van der Waals surface area contributed by atoms with Crippen LogP contribution in [0.25, 0.3) is 12.2 Å². The summed E-state index contributed by atoms with van der Waals surface area (Å²) in [5.74, 6) is -1.07. The summed E-state index contributed by atoms with van der Waals surface area (Å²) in [6.45, 7) is 0. The highest BCUT2D eigenvalue weighted by atomic mass is 16.4. The van der Waals surface area contributed by atoms with Crippen LogP contribution in [0.15, 0.2) is 48.5 Å². The molecule has 21 heavy (non-hydrogen) atoms. The zero-order chi connectivity index (χ0) is 15.2. The standard InChI is InChI=1S/C17H15NO3/c1-18-16(19)14-9-7-12(8-10-14)5-6-13-3-2-4-15(11-13)17(20)21/h2-11H,1H3,(H,18,19)(H,20,21)/b6-5-. The molecule has 0 heterocycles. The van der Waals surface area contributed by atoms with E-state index >= 15 is 0 Å². The highest BCUT2D eigenvalue weighted by Gasteiger charge is 2.02. The quantitative estimate of drug-likeness (QED) is 0.847. The summed E-state index contributed by atoms with van der Waals surface area (Å²) in [6, 6.07) is 13.9. The molecule has 0 radical (unpaired) electrons. The lowest BCUT2D eigenvalue weighted by Gasteiger charge is -2.00. The molecule has 4 heteroatoms. The van der Waals surface area contributed by atoms with Crippen molar-refractivity contribution in [2.24, 2.45) is 0 Å². The van der Waals surface area contributed by atoms with Crippen LogP contribution in [-0.4, -0.2) is 24.0 Å². The van der Waals surface area contributed by atoms with E-state index < -0.39 is 5.97 Å². The normalized spacial score (nSPS) is 10.5. The highest BCUT2D eigenvalue weighted by Crippen LogP contribution is 2.11. The Hall–Kier alpha value is -2.88. The second kappa shape index (κ2) is 6.52. The Labute approximate surface area is 122 Å². The highest BCUT2D eigenvalue weighted by molar-refractivity contribution is 5.94. The van der Waals surface area contributed by atoms with Crippen molar-refractivity contribution < 1.29 is 14.7 Å². The number of hydrogen-bond donors (Lipinski definition) is 2. The molecule has 0 aliphatic carbocycles. The van der Waals surface area contributed by atoms with Crippen LogP contribution in [-0.2, 0) is 0 Å². The minimum absolute atomic E-state index is 0.125. The molecule has 4 nitrogen and oxygen atoms in total. The monoisotopic (exact) mass is 281 g/mol. The summed E-state index contributed by atoms with van der Waals surface area (Å²) in [4.78, 5) is 22.3. The Bertz CT molecular complexity index is 687. The second-order valence-electron chi connectivity index (χ2n) is 4.47. The Morgan fingerprint density at radius 2 is 1.62 bits per heavy atom. The van der Waals surface area contributed by atoms with Gasteiger partial charge >= 0.3 is 5.97 Å². The summed E-state index contributed by atoms with van der Waals surface area (Å²) in [6.07, 6.45) is 3.70. The molecule has 0 spiro atoms. The van der Waals surface area contributed by atoms with E-state index in [0.717, 1.165) is 11.1 Å². The second-order valence-corrected chi connectivity index (χ2v) is 4.47.